The fraction of sp³-hybridized carbons (Fsp3) is 0.875. The Morgan fingerprint density at radius 3 is 2.14 bits per heavy atom. The minimum atomic E-state index is -0.820. The van der Waals surface area contributed by atoms with E-state index < -0.39 is 18.2 Å². The number of ether oxygens (including phenoxy) is 2. The van der Waals surface area contributed by atoms with Crippen molar-refractivity contribution in [1.82, 2.24) is 5.32 Å². The third-order valence-corrected chi connectivity index (χ3v) is 3.40. The van der Waals surface area contributed by atoms with Gasteiger partial charge in [-0.25, -0.2) is 4.79 Å². The van der Waals surface area contributed by atoms with Gasteiger partial charge < -0.3 is 14.8 Å². The van der Waals surface area contributed by atoms with Crippen LogP contribution in [0.3, 0.4) is 0 Å². The quantitative estimate of drug-likeness (QED) is 0.665. The highest BCUT2D eigenvalue weighted by Crippen LogP contribution is 2.09. The van der Waals surface area contributed by atoms with Gasteiger partial charge in [-0.3, -0.25) is 4.79 Å². The molecule has 0 aromatic heterocycles. The van der Waals surface area contributed by atoms with Gasteiger partial charge in [0.1, 0.15) is 0 Å². The highest BCUT2D eigenvalue weighted by molar-refractivity contribution is 5.84. The molecule has 124 valence electrons. The summed E-state index contributed by atoms with van der Waals surface area (Å²) < 4.78 is 10.6. The zero-order valence-electron chi connectivity index (χ0n) is 14.5. The van der Waals surface area contributed by atoms with Crippen molar-refractivity contribution in [3.8, 4) is 0 Å². The monoisotopic (exact) mass is 301 g/mol. The summed E-state index contributed by atoms with van der Waals surface area (Å²) in [6, 6.07) is 0. The maximum Gasteiger partial charge on any atom is 0.335 e. The molecule has 0 aliphatic carbocycles. The van der Waals surface area contributed by atoms with Crippen molar-refractivity contribution in [3.63, 3.8) is 0 Å². The zero-order chi connectivity index (χ0) is 16.6. The molecule has 2 unspecified atom stereocenters. The van der Waals surface area contributed by atoms with Crippen LogP contribution in [0.25, 0.3) is 0 Å². The van der Waals surface area contributed by atoms with Gasteiger partial charge in [-0.2, -0.15) is 0 Å². The third kappa shape index (κ3) is 8.71. The highest BCUT2D eigenvalue weighted by Gasteiger charge is 2.26. The van der Waals surface area contributed by atoms with E-state index in [0.29, 0.717) is 12.5 Å². The second kappa shape index (κ2) is 9.03. The summed E-state index contributed by atoms with van der Waals surface area (Å²) >= 11 is 0. The smallest absolute Gasteiger partial charge is 0.335 e. The number of nitrogens with one attached hydrogen (secondary N) is 1. The Balaban J connectivity index is 4.21. The van der Waals surface area contributed by atoms with Gasteiger partial charge in [0.25, 0.3) is 5.91 Å². The molecule has 5 heteroatoms. The number of hydrogen-bond acceptors (Lipinski definition) is 4. The lowest BCUT2D eigenvalue weighted by Gasteiger charge is -2.26. The summed E-state index contributed by atoms with van der Waals surface area (Å²) in [5.41, 5.74) is -0.308. The average molecular weight is 301 g/mol. The first-order chi connectivity index (χ1) is 9.59. The normalized spacial score (nSPS) is 14.7. The Morgan fingerprint density at radius 2 is 1.67 bits per heavy atom. The molecule has 0 aliphatic rings. The third-order valence-electron chi connectivity index (χ3n) is 3.40. The summed E-state index contributed by atoms with van der Waals surface area (Å²) in [7, 11) is 0. The number of carbonyl (C=O) groups is 2. The van der Waals surface area contributed by atoms with Gasteiger partial charge in [0.05, 0.1) is 0 Å². The number of hydrogen-bond donors (Lipinski definition) is 1. The van der Waals surface area contributed by atoms with Crippen LogP contribution in [0, 0.1) is 5.92 Å². The molecule has 2 atom stereocenters. The lowest BCUT2D eigenvalue weighted by Crippen LogP contribution is -2.48. The van der Waals surface area contributed by atoms with E-state index in [-0.39, 0.29) is 11.4 Å². The second-order valence-corrected chi connectivity index (χ2v) is 6.50. The van der Waals surface area contributed by atoms with Crippen molar-refractivity contribution in [2.75, 3.05) is 6.61 Å². The summed E-state index contributed by atoms with van der Waals surface area (Å²) in [6.07, 6.45) is 0.213. The molecule has 1 amide bonds. The number of esters is 1. The SMILES string of the molecule is CCC(C)(C)NC(=O)C(C)OC(=O)C(C)OCCC(C)C. The van der Waals surface area contributed by atoms with Gasteiger partial charge in [-0.15, -0.1) is 0 Å². The summed E-state index contributed by atoms with van der Waals surface area (Å²) in [5, 5.41) is 2.85. The minimum absolute atomic E-state index is 0.287. The Hall–Kier alpha value is -1.10. The lowest BCUT2D eigenvalue weighted by molar-refractivity contribution is -0.165. The van der Waals surface area contributed by atoms with E-state index >= 15 is 0 Å². The Kier molecular flexibility index (Phi) is 8.55. The van der Waals surface area contributed by atoms with E-state index in [4.69, 9.17) is 9.47 Å². The fourth-order valence-corrected chi connectivity index (χ4v) is 1.40. The molecule has 21 heavy (non-hydrogen) atoms. The molecule has 5 nitrogen and oxygen atoms in total. The summed E-state index contributed by atoms with van der Waals surface area (Å²) in [6.45, 7) is 13.7. The van der Waals surface area contributed by atoms with E-state index in [2.05, 4.69) is 19.2 Å². The van der Waals surface area contributed by atoms with Crippen LogP contribution in [-0.4, -0.2) is 36.2 Å². The topological polar surface area (TPSA) is 64.6 Å². The average Bonchev–Trinajstić information content (AvgIpc) is 2.37. The standard InChI is InChI=1S/C16H31NO4/c1-8-16(6,7)17-14(18)12(4)21-15(19)13(5)20-10-9-11(2)3/h11-13H,8-10H2,1-7H3,(H,17,18). The van der Waals surface area contributed by atoms with Gasteiger partial charge in [-0.05, 0) is 46.5 Å². The van der Waals surface area contributed by atoms with Crippen LogP contribution >= 0.6 is 0 Å². The number of rotatable bonds is 9. The molecular formula is C16H31NO4. The van der Waals surface area contributed by atoms with Crippen LogP contribution in [0.15, 0.2) is 0 Å². The van der Waals surface area contributed by atoms with Crippen molar-refractivity contribution < 1.29 is 19.1 Å². The molecule has 1 N–H and O–H groups in total. The second-order valence-electron chi connectivity index (χ2n) is 6.50. The molecule has 0 rings (SSSR count). The Bertz CT molecular complexity index is 339. The van der Waals surface area contributed by atoms with E-state index in [9.17, 15) is 9.59 Å². The Labute approximate surface area is 128 Å². The van der Waals surface area contributed by atoms with Crippen molar-refractivity contribution in [3.05, 3.63) is 0 Å². The summed E-state index contributed by atoms with van der Waals surface area (Å²) in [5.74, 6) is -0.269. The van der Waals surface area contributed by atoms with Gasteiger partial charge in [0, 0.05) is 12.1 Å². The molecular weight excluding hydrogens is 270 g/mol. The van der Waals surface area contributed by atoms with Crippen LogP contribution in [0.1, 0.15) is 61.3 Å². The molecule has 0 bridgehead atoms. The molecule has 0 radical (unpaired) electrons. The van der Waals surface area contributed by atoms with Gasteiger partial charge >= 0.3 is 5.97 Å². The highest BCUT2D eigenvalue weighted by atomic mass is 16.6. The fourth-order valence-electron chi connectivity index (χ4n) is 1.40. The number of amides is 1. The van der Waals surface area contributed by atoms with Crippen LogP contribution in [0.5, 0.6) is 0 Å². The maximum atomic E-state index is 11.9. The minimum Gasteiger partial charge on any atom is -0.451 e. The van der Waals surface area contributed by atoms with E-state index in [0.717, 1.165) is 12.8 Å². The Morgan fingerprint density at radius 1 is 1.10 bits per heavy atom. The van der Waals surface area contributed by atoms with Gasteiger partial charge in [0.15, 0.2) is 12.2 Å². The predicted molar refractivity (Wildman–Crippen MR) is 82.9 cm³/mol. The molecule has 0 saturated heterocycles. The van der Waals surface area contributed by atoms with Crippen LogP contribution in [-0.2, 0) is 19.1 Å². The molecule has 0 spiro atoms. The lowest BCUT2D eigenvalue weighted by atomic mass is 10.0. The first kappa shape index (κ1) is 19.9. The van der Waals surface area contributed by atoms with Crippen LogP contribution in [0.4, 0.5) is 0 Å². The van der Waals surface area contributed by atoms with Crippen LogP contribution < -0.4 is 5.32 Å². The first-order valence-electron chi connectivity index (χ1n) is 7.73. The molecule has 0 fully saturated rings. The molecule has 0 aromatic rings. The zero-order valence-corrected chi connectivity index (χ0v) is 14.5. The maximum absolute atomic E-state index is 11.9. The predicted octanol–water partition coefficient (Wildman–Crippen LogP) is 2.67. The molecule has 0 heterocycles. The largest absolute Gasteiger partial charge is 0.451 e. The van der Waals surface area contributed by atoms with Gasteiger partial charge in [0.2, 0.25) is 0 Å². The van der Waals surface area contributed by atoms with E-state index in [1.807, 2.05) is 20.8 Å². The van der Waals surface area contributed by atoms with E-state index in [1.54, 1.807) is 13.8 Å². The molecule has 0 aromatic carbocycles. The van der Waals surface area contributed by atoms with Crippen molar-refractivity contribution >= 4 is 11.9 Å². The number of carbonyl (C=O) groups excluding carboxylic acids is 2. The first-order valence-corrected chi connectivity index (χ1v) is 7.73. The molecule has 0 saturated carbocycles. The van der Waals surface area contributed by atoms with Crippen molar-refractivity contribution in [2.24, 2.45) is 5.92 Å². The van der Waals surface area contributed by atoms with E-state index in [1.165, 1.54) is 0 Å². The van der Waals surface area contributed by atoms with Crippen molar-refractivity contribution in [2.45, 2.75) is 79.1 Å². The van der Waals surface area contributed by atoms with Crippen molar-refractivity contribution in [1.29, 1.82) is 0 Å². The summed E-state index contributed by atoms with van der Waals surface area (Å²) in [4.78, 5) is 23.8. The molecule has 0 aliphatic heterocycles. The van der Waals surface area contributed by atoms with Crippen LogP contribution in [0.2, 0.25) is 0 Å². The van der Waals surface area contributed by atoms with Gasteiger partial charge in [-0.1, -0.05) is 20.8 Å².